The lowest BCUT2D eigenvalue weighted by Crippen LogP contribution is -2.56. The number of carbonyl (C=O) groups excluding carboxylic acids is 2. The summed E-state index contributed by atoms with van der Waals surface area (Å²) in [5.41, 5.74) is 6.51. The van der Waals surface area contributed by atoms with Crippen molar-refractivity contribution < 1.29 is 19.4 Å². The highest BCUT2D eigenvalue weighted by atomic mass is 16.5. The first kappa shape index (κ1) is 16.3. The first-order valence-corrected chi connectivity index (χ1v) is 7.55. The highest BCUT2D eigenvalue weighted by molar-refractivity contribution is 5.95. The van der Waals surface area contributed by atoms with Crippen molar-refractivity contribution in [2.75, 3.05) is 6.61 Å². The fourth-order valence-electron chi connectivity index (χ4n) is 2.80. The van der Waals surface area contributed by atoms with Gasteiger partial charge in [0.15, 0.2) is 0 Å². The van der Waals surface area contributed by atoms with Gasteiger partial charge in [0.25, 0.3) is 5.91 Å². The molecule has 1 amide bonds. The lowest BCUT2D eigenvalue weighted by Gasteiger charge is -2.35. The smallest absolute Gasteiger partial charge is 0.311 e. The molecule has 1 aromatic rings. The van der Waals surface area contributed by atoms with E-state index in [1.165, 1.54) is 24.3 Å². The monoisotopic (exact) mass is 306 g/mol. The van der Waals surface area contributed by atoms with Crippen molar-refractivity contribution in [1.82, 2.24) is 5.32 Å². The Morgan fingerprint density at radius 3 is 2.64 bits per heavy atom. The van der Waals surface area contributed by atoms with Gasteiger partial charge in [0.1, 0.15) is 5.75 Å². The third-order valence-electron chi connectivity index (χ3n) is 3.96. The molecule has 3 atom stereocenters. The molecule has 1 saturated carbocycles. The molecule has 2 rings (SSSR count). The summed E-state index contributed by atoms with van der Waals surface area (Å²) in [5, 5.41) is 12.1. The predicted molar refractivity (Wildman–Crippen MR) is 81.3 cm³/mol. The van der Waals surface area contributed by atoms with Crippen molar-refractivity contribution in [3.63, 3.8) is 0 Å². The van der Waals surface area contributed by atoms with Gasteiger partial charge in [-0.05, 0) is 44.0 Å². The molecule has 0 spiro atoms. The minimum Gasteiger partial charge on any atom is -0.508 e. The minimum atomic E-state index is -0.436. The first-order valence-electron chi connectivity index (χ1n) is 7.55. The lowest BCUT2D eigenvalue weighted by molar-refractivity contribution is -0.150. The standard InChI is InChI=1S/C16H22N2O4/c1-2-22-16(21)12-4-3-5-13(17)14(12)18-15(20)10-6-8-11(19)9-7-10/h6-9,12-14,19H,2-5,17H2,1H3,(H,18,20)/t12-,13-,14?/m0/s1. The second-order valence-electron chi connectivity index (χ2n) is 5.50. The number of esters is 1. The maximum Gasteiger partial charge on any atom is 0.311 e. The van der Waals surface area contributed by atoms with E-state index in [4.69, 9.17) is 10.5 Å². The van der Waals surface area contributed by atoms with E-state index in [0.29, 0.717) is 18.6 Å². The number of benzene rings is 1. The van der Waals surface area contributed by atoms with Crippen LogP contribution in [-0.4, -0.2) is 35.7 Å². The molecule has 1 aromatic carbocycles. The zero-order chi connectivity index (χ0) is 16.1. The summed E-state index contributed by atoms with van der Waals surface area (Å²) in [6.45, 7) is 2.06. The van der Waals surface area contributed by atoms with Crippen LogP contribution >= 0.6 is 0 Å². The maximum absolute atomic E-state index is 12.3. The number of hydrogen-bond donors (Lipinski definition) is 3. The summed E-state index contributed by atoms with van der Waals surface area (Å²) in [6.07, 6.45) is 2.26. The number of hydrogen-bond acceptors (Lipinski definition) is 5. The molecular formula is C16H22N2O4. The second kappa shape index (κ2) is 7.26. The Morgan fingerprint density at radius 1 is 1.32 bits per heavy atom. The summed E-state index contributed by atoms with van der Waals surface area (Å²) < 4.78 is 5.08. The number of rotatable bonds is 4. The molecule has 0 bridgehead atoms. The van der Waals surface area contributed by atoms with Crippen molar-refractivity contribution >= 4 is 11.9 Å². The van der Waals surface area contributed by atoms with E-state index < -0.39 is 12.0 Å². The van der Waals surface area contributed by atoms with Gasteiger partial charge in [-0.3, -0.25) is 9.59 Å². The van der Waals surface area contributed by atoms with Gasteiger partial charge in [0.05, 0.1) is 18.6 Å². The first-order chi connectivity index (χ1) is 10.5. The van der Waals surface area contributed by atoms with Crippen LogP contribution in [0.4, 0.5) is 0 Å². The average Bonchev–Trinajstić information content (AvgIpc) is 2.50. The molecular weight excluding hydrogens is 284 g/mol. The number of phenolic OH excluding ortho intramolecular Hbond substituents is 1. The molecule has 4 N–H and O–H groups in total. The molecule has 1 aliphatic carbocycles. The molecule has 0 radical (unpaired) electrons. The van der Waals surface area contributed by atoms with Gasteiger partial charge < -0.3 is 20.9 Å². The average molecular weight is 306 g/mol. The molecule has 6 heteroatoms. The van der Waals surface area contributed by atoms with Gasteiger partial charge in [-0.1, -0.05) is 6.42 Å². The van der Waals surface area contributed by atoms with Gasteiger partial charge in [-0.15, -0.1) is 0 Å². The van der Waals surface area contributed by atoms with Crippen LogP contribution in [0.3, 0.4) is 0 Å². The summed E-state index contributed by atoms with van der Waals surface area (Å²) in [6, 6.07) is 5.23. The van der Waals surface area contributed by atoms with Crippen LogP contribution in [0.5, 0.6) is 5.75 Å². The largest absolute Gasteiger partial charge is 0.508 e. The van der Waals surface area contributed by atoms with E-state index in [1.807, 2.05) is 0 Å². The molecule has 120 valence electrons. The molecule has 1 fully saturated rings. The number of aromatic hydroxyl groups is 1. The third-order valence-corrected chi connectivity index (χ3v) is 3.96. The van der Waals surface area contributed by atoms with Crippen LogP contribution < -0.4 is 11.1 Å². The van der Waals surface area contributed by atoms with Crippen LogP contribution in [0.25, 0.3) is 0 Å². The Kier molecular flexibility index (Phi) is 5.38. The van der Waals surface area contributed by atoms with Crippen LogP contribution in [0.15, 0.2) is 24.3 Å². The van der Waals surface area contributed by atoms with Crippen molar-refractivity contribution in [3.05, 3.63) is 29.8 Å². The molecule has 0 heterocycles. The second-order valence-corrected chi connectivity index (χ2v) is 5.50. The number of nitrogens with two attached hydrogens (primary N) is 1. The molecule has 22 heavy (non-hydrogen) atoms. The number of carbonyl (C=O) groups is 2. The normalized spacial score (nSPS) is 24.5. The SMILES string of the molecule is CCOC(=O)[C@H]1CCC[C@H](N)C1NC(=O)c1ccc(O)cc1. The summed E-state index contributed by atoms with van der Waals surface area (Å²) in [5.74, 6) is -0.939. The van der Waals surface area contributed by atoms with Gasteiger partial charge in [-0.2, -0.15) is 0 Å². The van der Waals surface area contributed by atoms with Crippen molar-refractivity contribution in [3.8, 4) is 5.75 Å². The quantitative estimate of drug-likeness (QED) is 0.725. The van der Waals surface area contributed by atoms with Gasteiger partial charge in [-0.25, -0.2) is 0 Å². The Morgan fingerprint density at radius 2 is 2.00 bits per heavy atom. The van der Waals surface area contributed by atoms with Crippen LogP contribution in [0, 0.1) is 5.92 Å². The maximum atomic E-state index is 12.3. The van der Waals surface area contributed by atoms with Gasteiger partial charge in [0.2, 0.25) is 0 Å². The molecule has 0 aliphatic heterocycles. The van der Waals surface area contributed by atoms with Gasteiger partial charge in [0, 0.05) is 11.6 Å². The lowest BCUT2D eigenvalue weighted by atomic mass is 9.81. The van der Waals surface area contributed by atoms with Crippen LogP contribution in [-0.2, 0) is 9.53 Å². The van der Waals surface area contributed by atoms with E-state index in [-0.39, 0.29) is 23.7 Å². The van der Waals surface area contributed by atoms with E-state index >= 15 is 0 Å². The Bertz CT molecular complexity index is 529. The predicted octanol–water partition coefficient (Wildman–Crippen LogP) is 1.18. The zero-order valence-corrected chi connectivity index (χ0v) is 12.6. The van der Waals surface area contributed by atoms with E-state index in [9.17, 15) is 14.7 Å². The third kappa shape index (κ3) is 3.76. The Balaban J connectivity index is 2.10. The number of ether oxygens (including phenoxy) is 1. The topological polar surface area (TPSA) is 102 Å². The summed E-state index contributed by atoms with van der Waals surface area (Å²) in [4.78, 5) is 24.3. The molecule has 0 aromatic heterocycles. The Hall–Kier alpha value is -2.08. The fourth-order valence-corrected chi connectivity index (χ4v) is 2.80. The Labute approximate surface area is 129 Å². The van der Waals surface area contributed by atoms with E-state index in [1.54, 1.807) is 6.92 Å². The van der Waals surface area contributed by atoms with Crippen molar-refractivity contribution in [2.24, 2.45) is 11.7 Å². The molecule has 6 nitrogen and oxygen atoms in total. The fraction of sp³-hybridized carbons (Fsp3) is 0.500. The van der Waals surface area contributed by atoms with E-state index in [0.717, 1.165) is 12.8 Å². The minimum absolute atomic E-state index is 0.0929. The number of amides is 1. The molecule has 1 aliphatic rings. The van der Waals surface area contributed by atoms with Crippen molar-refractivity contribution in [2.45, 2.75) is 38.3 Å². The number of phenols is 1. The van der Waals surface area contributed by atoms with Gasteiger partial charge >= 0.3 is 5.97 Å². The summed E-state index contributed by atoms with van der Waals surface area (Å²) in [7, 11) is 0. The van der Waals surface area contributed by atoms with E-state index in [2.05, 4.69) is 5.32 Å². The highest BCUT2D eigenvalue weighted by Crippen LogP contribution is 2.25. The summed E-state index contributed by atoms with van der Waals surface area (Å²) >= 11 is 0. The highest BCUT2D eigenvalue weighted by Gasteiger charge is 2.37. The van der Waals surface area contributed by atoms with Crippen molar-refractivity contribution in [1.29, 1.82) is 0 Å². The van der Waals surface area contributed by atoms with Crippen LogP contribution in [0.1, 0.15) is 36.5 Å². The molecule has 1 unspecified atom stereocenters. The number of nitrogens with one attached hydrogen (secondary N) is 1. The van der Waals surface area contributed by atoms with Crippen LogP contribution in [0.2, 0.25) is 0 Å². The molecule has 0 saturated heterocycles. The zero-order valence-electron chi connectivity index (χ0n) is 12.6.